The SMILES string of the molecule is CCOC(=O)C1(NC)CCCC(N(CC)CCOC)C1. The summed E-state index contributed by atoms with van der Waals surface area (Å²) in [6.45, 7) is 7.09. The normalized spacial score (nSPS) is 26.8. The van der Waals surface area contributed by atoms with Crippen molar-refractivity contribution in [2.75, 3.05) is 40.5 Å². The highest BCUT2D eigenvalue weighted by atomic mass is 16.5. The predicted octanol–water partition coefficient (Wildman–Crippen LogP) is 1.42. The third-order valence-corrected chi connectivity index (χ3v) is 4.37. The van der Waals surface area contributed by atoms with Crippen LogP contribution in [-0.4, -0.2) is 62.9 Å². The van der Waals surface area contributed by atoms with Gasteiger partial charge < -0.3 is 14.8 Å². The lowest BCUT2D eigenvalue weighted by Gasteiger charge is -2.42. The maximum absolute atomic E-state index is 12.3. The lowest BCUT2D eigenvalue weighted by Crippen LogP contribution is -2.58. The van der Waals surface area contributed by atoms with E-state index >= 15 is 0 Å². The van der Waals surface area contributed by atoms with Gasteiger partial charge in [-0.2, -0.15) is 0 Å². The van der Waals surface area contributed by atoms with E-state index in [1.54, 1.807) is 7.11 Å². The predicted molar refractivity (Wildman–Crippen MR) is 79.8 cm³/mol. The Bertz CT molecular complexity index is 299. The Morgan fingerprint density at radius 3 is 2.75 bits per heavy atom. The van der Waals surface area contributed by atoms with Crippen molar-refractivity contribution in [2.45, 2.75) is 51.1 Å². The van der Waals surface area contributed by atoms with Crippen molar-refractivity contribution in [2.24, 2.45) is 0 Å². The summed E-state index contributed by atoms with van der Waals surface area (Å²) < 4.78 is 10.5. The second-order valence-corrected chi connectivity index (χ2v) is 5.42. The average Bonchev–Trinajstić information content (AvgIpc) is 2.48. The average molecular weight is 286 g/mol. The first-order chi connectivity index (χ1) is 9.63. The maximum atomic E-state index is 12.3. The Kier molecular flexibility index (Phi) is 7.48. The van der Waals surface area contributed by atoms with E-state index in [-0.39, 0.29) is 5.97 Å². The number of esters is 1. The Hall–Kier alpha value is -0.650. The molecule has 0 saturated heterocycles. The first-order valence-electron chi connectivity index (χ1n) is 7.72. The Morgan fingerprint density at radius 1 is 1.45 bits per heavy atom. The number of hydrogen-bond donors (Lipinski definition) is 1. The van der Waals surface area contributed by atoms with Gasteiger partial charge in [0.15, 0.2) is 0 Å². The highest BCUT2D eigenvalue weighted by Gasteiger charge is 2.43. The standard InChI is InChI=1S/C15H30N2O3/c1-5-17(10-11-19-4)13-8-7-9-15(12-13,16-3)14(18)20-6-2/h13,16H,5-12H2,1-4H3. The molecule has 0 aromatic heterocycles. The van der Waals surface area contributed by atoms with E-state index in [2.05, 4.69) is 17.1 Å². The Morgan fingerprint density at radius 2 is 2.20 bits per heavy atom. The third-order valence-electron chi connectivity index (χ3n) is 4.37. The van der Waals surface area contributed by atoms with Crippen molar-refractivity contribution in [3.63, 3.8) is 0 Å². The van der Waals surface area contributed by atoms with E-state index in [0.717, 1.165) is 45.4 Å². The van der Waals surface area contributed by atoms with Crippen LogP contribution in [0.3, 0.4) is 0 Å². The minimum absolute atomic E-state index is 0.102. The molecule has 2 atom stereocenters. The number of carbonyl (C=O) groups is 1. The van der Waals surface area contributed by atoms with Gasteiger partial charge in [-0.25, -0.2) is 0 Å². The van der Waals surface area contributed by atoms with Gasteiger partial charge in [-0.05, 0) is 46.2 Å². The van der Waals surface area contributed by atoms with Crippen LogP contribution >= 0.6 is 0 Å². The summed E-state index contributed by atoms with van der Waals surface area (Å²) in [6, 6.07) is 0.417. The van der Waals surface area contributed by atoms with Gasteiger partial charge in [0, 0.05) is 19.7 Å². The summed E-state index contributed by atoms with van der Waals surface area (Å²) in [5.74, 6) is -0.102. The number of ether oxygens (including phenoxy) is 2. The molecule has 1 aliphatic rings. The number of carbonyl (C=O) groups excluding carboxylic acids is 1. The fraction of sp³-hybridized carbons (Fsp3) is 0.933. The van der Waals surface area contributed by atoms with Crippen LogP contribution in [-0.2, 0) is 14.3 Å². The summed E-state index contributed by atoms with van der Waals surface area (Å²) in [6.07, 6.45) is 3.87. The van der Waals surface area contributed by atoms with Crippen LogP contribution < -0.4 is 5.32 Å². The minimum atomic E-state index is -0.514. The van der Waals surface area contributed by atoms with E-state index in [1.165, 1.54) is 0 Å². The second kappa shape index (κ2) is 8.60. The van der Waals surface area contributed by atoms with Gasteiger partial charge in [0.25, 0.3) is 0 Å². The van der Waals surface area contributed by atoms with Gasteiger partial charge in [0.05, 0.1) is 13.2 Å². The monoisotopic (exact) mass is 286 g/mol. The van der Waals surface area contributed by atoms with Crippen LogP contribution in [0, 0.1) is 0 Å². The first kappa shape index (κ1) is 17.4. The van der Waals surface area contributed by atoms with E-state index in [0.29, 0.717) is 12.6 Å². The molecule has 1 N–H and O–H groups in total. The van der Waals surface area contributed by atoms with Crippen molar-refractivity contribution < 1.29 is 14.3 Å². The van der Waals surface area contributed by atoms with E-state index < -0.39 is 5.54 Å². The van der Waals surface area contributed by atoms with Gasteiger partial charge in [-0.1, -0.05) is 6.92 Å². The fourth-order valence-electron chi connectivity index (χ4n) is 3.15. The molecular formula is C15H30N2O3. The smallest absolute Gasteiger partial charge is 0.326 e. The molecule has 0 aliphatic heterocycles. The lowest BCUT2D eigenvalue weighted by molar-refractivity contribution is -0.153. The molecule has 1 saturated carbocycles. The van der Waals surface area contributed by atoms with Crippen molar-refractivity contribution in [1.82, 2.24) is 10.2 Å². The largest absolute Gasteiger partial charge is 0.465 e. The van der Waals surface area contributed by atoms with E-state index in [1.807, 2.05) is 14.0 Å². The zero-order valence-corrected chi connectivity index (χ0v) is 13.4. The summed E-state index contributed by atoms with van der Waals surface area (Å²) in [5.41, 5.74) is -0.514. The van der Waals surface area contributed by atoms with Crippen molar-refractivity contribution in [3.8, 4) is 0 Å². The molecule has 0 radical (unpaired) electrons. The molecule has 5 nitrogen and oxygen atoms in total. The second-order valence-electron chi connectivity index (χ2n) is 5.42. The van der Waals surface area contributed by atoms with Crippen LogP contribution in [0.15, 0.2) is 0 Å². The Balaban J connectivity index is 2.73. The van der Waals surface area contributed by atoms with Crippen molar-refractivity contribution in [1.29, 1.82) is 0 Å². The zero-order chi connectivity index (χ0) is 15.0. The van der Waals surface area contributed by atoms with E-state index in [9.17, 15) is 4.79 Å². The van der Waals surface area contributed by atoms with Gasteiger partial charge >= 0.3 is 5.97 Å². The van der Waals surface area contributed by atoms with Gasteiger partial charge in [-0.15, -0.1) is 0 Å². The maximum Gasteiger partial charge on any atom is 0.326 e. The quantitative estimate of drug-likeness (QED) is 0.684. The highest BCUT2D eigenvalue weighted by molar-refractivity contribution is 5.81. The van der Waals surface area contributed by atoms with Gasteiger partial charge in [0.2, 0.25) is 0 Å². The first-order valence-corrected chi connectivity index (χ1v) is 7.72. The molecule has 0 spiro atoms. The summed E-state index contributed by atoms with van der Waals surface area (Å²) in [7, 11) is 3.59. The summed E-state index contributed by atoms with van der Waals surface area (Å²) in [4.78, 5) is 14.7. The minimum Gasteiger partial charge on any atom is -0.465 e. The molecule has 1 aliphatic carbocycles. The van der Waals surface area contributed by atoms with Crippen LogP contribution in [0.1, 0.15) is 39.5 Å². The molecule has 0 heterocycles. The fourth-order valence-corrected chi connectivity index (χ4v) is 3.15. The third kappa shape index (κ3) is 4.17. The molecule has 0 amide bonds. The molecule has 0 aromatic carbocycles. The Labute approximate surface area is 123 Å². The van der Waals surface area contributed by atoms with Crippen molar-refractivity contribution in [3.05, 3.63) is 0 Å². The van der Waals surface area contributed by atoms with Crippen molar-refractivity contribution >= 4 is 5.97 Å². The molecule has 2 unspecified atom stereocenters. The van der Waals surface area contributed by atoms with Crippen LogP contribution in [0.5, 0.6) is 0 Å². The number of rotatable bonds is 8. The molecule has 0 aromatic rings. The van der Waals surface area contributed by atoms with E-state index in [4.69, 9.17) is 9.47 Å². The summed E-state index contributed by atoms with van der Waals surface area (Å²) in [5, 5.41) is 3.23. The molecule has 118 valence electrons. The number of methoxy groups -OCH3 is 1. The van der Waals surface area contributed by atoms with Crippen LogP contribution in [0.4, 0.5) is 0 Å². The number of nitrogens with zero attached hydrogens (tertiary/aromatic N) is 1. The van der Waals surface area contributed by atoms with Crippen LogP contribution in [0.2, 0.25) is 0 Å². The molecule has 20 heavy (non-hydrogen) atoms. The molecule has 0 bridgehead atoms. The van der Waals surface area contributed by atoms with Crippen LogP contribution in [0.25, 0.3) is 0 Å². The molecule has 1 rings (SSSR count). The number of likely N-dealkylation sites (N-methyl/N-ethyl adjacent to an activating group) is 2. The number of hydrogen-bond acceptors (Lipinski definition) is 5. The molecule has 5 heteroatoms. The highest BCUT2D eigenvalue weighted by Crippen LogP contribution is 2.32. The molecule has 1 fully saturated rings. The number of nitrogens with one attached hydrogen (secondary N) is 1. The topological polar surface area (TPSA) is 50.8 Å². The lowest BCUT2D eigenvalue weighted by atomic mass is 9.78. The zero-order valence-electron chi connectivity index (χ0n) is 13.4. The summed E-state index contributed by atoms with van der Waals surface area (Å²) >= 11 is 0. The molecular weight excluding hydrogens is 256 g/mol. The van der Waals surface area contributed by atoms with Gasteiger partial charge in [-0.3, -0.25) is 9.69 Å². The van der Waals surface area contributed by atoms with Gasteiger partial charge in [0.1, 0.15) is 5.54 Å².